The van der Waals surface area contributed by atoms with E-state index < -0.39 is 17.7 Å². The van der Waals surface area contributed by atoms with Gasteiger partial charge in [-0.2, -0.15) is 0 Å². The van der Waals surface area contributed by atoms with Gasteiger partial charge >= 0.3 is 12.1 Å². The molecule has 6 N–H and O–H groups in total. The number of hydrogen-bond acceptors (Lipinski definition) is 5. The highest BCUT2D eigenvalue weighted by atomic mass is 16.6. The summed E-state index contributed by atoms with van der Waals surface area (Å²) in [7, 11) is 0. The summed E-state index contributed by atoms with van der Waals surface area (Å²) in [5.41, 5.74) is 10.6. The number of rotatable bonds is 4. The molecule has 1 saturated carbocycles. The third kappa shape index (κ3) is 13.4. The number of ether oxygens (including phenoxy) is 1. The predicted octanol–water partition coefficient (Wildman–Crippen LogP) is 1.20. The number of amides is 1. The second-order valence-corrected chi connectivity index (χ2v) is 6.26. The maximum absolute atomic E-state index is 11.0. The third-order valence-corrected chi connectivity index (χ3v) is 2.75. The number of aliphatic carboxylic acids is 1. The van der Waals surface area contributed by atoms with Crippen LogP contribution in [0.2, 0.25) is 0 Å². The summed E-state index contributed by atoms with van der Waals surface area (Å²) < 4.78 is 4.95. The molecule has 2 atom stereocenters. The lowest BCUT2D eigenvalue weighted by Gasteiger charge is -2.19. The number of nitrogens with two attached hydrogens (primary N) is 2. The Morgan fingerprint density at radius 1 is 1.24 bits per heavy atom. The molecule has 0 unspecified atom stereocenters. The summed E-state index contributed by atoms with van der Waals surface area (Å²) in [4.78, 5) is 21.2. The van der Waals surface area contributed by atoms with Gasteiger partial charge in [0.2, 0.25) is 0 Å². The second-order valence-electron chi connectivity index (χ2n) is 6.26. The average Bonchev–Trinajstić information content (AvgIpc) is 2.67. The van der Waals surface area contributed by atoms with Crippen molar-refractivity contribution < 1.29 is 19.4 Å². The lowest BCUT2D eigenvalue weighted by atomic mass is 10.2. The van der Waals surface area contributed by atoms with Gasteiger partial charge in [-0.3, -0.25) is 4.79 Å². The van der Waals surface area contributed by atoms with E-state index in [4.69, 9.17) is 21.3 Å². The van der Waals surface area contributed by atoms with Crippen LogP contribution in [0.3, 0.4) is 0 Å². The minimum absolute atomic E-state index is 0.0514. The molecule has 0 bridgehead atoms. The third-order valence-electron chi connectivity index (χ3n) is 2.75. The first-order valence-corrected chi connectivity index (χ1v) is 7.30. The minimum atomic E-state index is -0.865. The van der Waals surface area contributed by atoms with Crippen molar-refractivity contribution in [2.24, 2.45) is 11.5 Å². The summed E-state index contributed by atoms with van der Waals surface area (Å²) in [6.07, 6.45) is 3.23. The smallest absolute Gasteiger partial charge is 0.407 e. The van der Waals surface area contributed by atoms with E-state index in [0.717, 1.165) is 19.3 Å². The minimum Gasteiger partial charge on any atom is -0.481 e. The van der Waals surface area contributed by atoms with Gasteiger partial charge in [-0.25, -0.2) is 4.79 Å². The largest absolute Gasteiger partial charge is 0.481 e. The maximum Gasteiger partial charge on any atom is 0.407 e. The van der Waals surface area contributed by atoms with Crippen molar-refractivity contribution in [2.45, 2.75) is 70.6 Å². The van der Waals surface area contributed by atoms with E-state index in [1.807, 2.05) is 0 Å². The van der Waals surface area contributed by atoms with Crippen LogP contribution < -0.4 is 16.8 Å². The van der Waals surface area contributed by atoms with Gasteiger partial charge in [0.25, 0.3) is 0 Å². The molecule has 0 heterocycles. The van der Waals surface area contributed by atoms with Gasteiger partial charge in [-0.1, -0.05) is 0 Å². The van der Waals surface area contributed by atoms with Crippen molar-refractivity contribution in [1.82, 2.24) is 5.32 Å². The number of alkyl carbamates (subject to hydrolysis) is 1. The topological polar surface area (TPSA) is 128 Å². The van der Waals surface area contributed by atoms with Crippen molar-refractivity contribution in [2.75, 3.05) is 6.54 Å². The molecule has 0 aliphatic heterocycles. The van der Waals surface area contributed by atoms with E-state index in [1.54, 1.807) is 20.8 Å². The molecule has 0 radical (unpaired) electrons. The van der Waals surface area contributed by atoms with Crippen molar-refractivity contribution in [3.05, 3.63) is 0 Å². The van der Waals surface area contributed by atoms with Crippen LogP contribution in [-0.2, 0) is 9.53 Å². The van der Waals surface area contributed by atoms with Crippen molar-refractivity contribution in [3.8, 4) is 0 Å². The second kappa shape index (κ2) is 9.57. The van der Waals surface area contributed by atoms with Crippen LogP contribution in [0.25, 0.3) is 0 Å². The number of carbonyl (C=O) groups excluding carboxylic acids is 1. The molecule has 1 aliphatic carbocycles. The van der Waals surface area contributed by atoms with Gasteiger partial charge in [0, 0.05) is 25.0 Å². The molecule has 1 amide bonds. The summed E-state index contributed by atoms with van der Waals surface area (Å²) in [6, 6.07) is 0.796. The molecule has 0 aromatic heterocycles. The highest BCUT2D eigenvalue weighted by Gasteiger charge is 2.17. The van der Waals surface area contributed by atoms with E-state index >= 15 is 0 Å². The summed E-state index contributed by atoms with van der Waals surface area (Å²) >= 11 is 0. The fourth-order valence-corrected chi connectivity index (χ4v) is 1.80. The number of nitrogens with one attached hydrogen (secondary N) is 1. The fourth-order valence-electron chi connectivity index (χ4n) is 1.80. The van der Waals surface area contributed by atoms with Crippen LogP contribution in [-0.4, -0.2) is 41.4 Å². The molecule has 124 valence electrons. The molecule has 1 fully saturated rings. The van der Waals surface area contributed by atoms with E-state index in [2.05, 4.69) is 5.32 Å². The summed E-state index contributed by atoms with van der Waals surface area (Å²) in [6.45, 7) is 5.62. The van der Waals surface area contributed by atoms with Gasteiger partial charge in [-0.05, 0) is 46.5 Å². The van der Waals surface area contributed by atoms with Crippen LogP contribution in [0.5, 0.6) is 0 Å². The molecule has 7 nitrogen and oxygen atoms in total. The van der Waals surface area contributed by atoms with Crippen molar-refractivity contribution in [3.63, 3.8) is 0 Å². The number of carboxylic acids is 1. The van der Waals surface area contributed by atoms with Crippen LogP contribution >= 0.6 is 0 Å². The molecule has 21 heavy (non-hydrogen) atoms. The summed E-state index contributed by atoms with van der Waals surface area (Å²) in [5.74, 6) is -0.865. The van der Waals surface area contributed by atoms with Gasteiger partial charge in [0.05, 0.1) is 0 Å². The quantitative estimate of drug-likeness (QED) is 0.578. The first-order valence-electron chi connectivity index (χ1n) is 7.30. The van der Waals surface area contributed by atoms with E-state index in [1.165, 1.54) is 0 Å². The first-order chi connectivity index (χ1) is 9.60. The molecular weight excluding hydrogens is 274 g/mol. The van der Waals surface area contributed by atoms with Crippen LogP contribution in [0.1, 0.15) is 52.9 Å². The lowest BCUT2D eigenvalue weighted by Crippen LogP contribution is -2.33. The van der Waals surface area contributed by atoms with Gasteiger partial charge in [0.15, 0.2) is 0 Å². The van der Waals surface area contributed by atoms with Crippen LogP contribution in [0.4, 0.5) is 4.79 Å². The molecule has 0 saturated heterocycles. The van der Waals surface area contributed by atoms with Crippen LogP contribution in [0.15, 0.2) is 0 Å². The Morgan fingerprint density at radius 3 is 2.10 bits per heavy atom. The number of carboxylic acid groups (broad SMARTS) is 1. The Morgan fingerprint density at radius 2 is 1.76 bits per heavy atom. The van der Waals surface area contributed by atoms with Gasteiger partial charge in [0.1, 0.15) is 5.60 Å². The first kappa shape index (κ1) is 19.7. The van der Waals surface area contributed by atoms with Crippen LogP contribution in [0, 0.1) is 0 Å². The van der Waals surface area contributed by atoms with E-state index in [9.17, 15) is 9.59 Å². The normalized spacial score (nSPS) is 21.2. The molecule has 0 aromatic rings. The Labute approximate surface area is 126 Å². The zero-order valence-corrected chi connectivity index (χ0v) is 13.2. The van der Waals surface area contributed by atoms with Crippen molar-refractivity contribution >= 4 is 12.1 Å². The SMILES string of the molecule is CC(C)(C)OC(=O)NCCCC(=O)O.N[C@@H]1CC[C@H](N)C1. The zero-order valence-electron chi connectivity index (χ0n) is 13.2. The monoisotopic (exact) mass is 303 g/mol. The zero-order chi connectivity index (χ0) is 16.5. The number of hydrogen-bond donors (Lipinski definition) is 4. The highest BCUT2D eigenvalue weighted by molar-refractivity contribution is 5.68. The molecule has 1 aliphatic rings. The lowest BCUT2D eigenvalue weighted by molar-refractivity contribution is -0.137. The van der Waals surface area contributed by atoms with E-state index in [0.29, 0.717) is 25.0 Å². The Balaban J connectivity index is 0.000000471. The Kier molecular flexibility index (Phi) is 8.96. The molecular formula is C14H29N3O4. The molecule has 0 spiro atoms. The predicted molar refractivity (Wildman–Crippen MR) is 80.9 cm³/mol. The molecule has 0 aromatic carbocycles. The van der Waals surface area contributed by atoms with Crippen molar-refractivity contribution in [1.29, 1.82) is 0 Å². The molecule has 7 heteroatoms. The average molecular weight is 303 g/mol. The van der Waals surface area contributed by atoms with Gasteiger partial charge in [-0.15, -0.1) is 0 Å². The maximum atomic E-state index is 11.0. The van der Waals surface area contributed by atoms with E-state index in [-0.39, 0.29) is 6.42 Å². The van der Waals surface area contributed by atoms with Gasteiger partial charge < -0.3 is 26.6 Å². The standard InChI is InChI=1S/C9H17NO4.C5H12N2/c1-9(2,3)14-8(13)10-6-4-5-7(11)12;6-4-1-2-5(7)3-4/h4-6H2,1-3H3,(H,10,13)(H,11,12);4-5H,1-3,6-7H2/t;4-,5+. The molecule has 1 rings (SSSR count). The Hall–Kier alpha value is -1.34. The fraction of sp³-hybridized carbons (Fsp3) is 0.857. The highest BCUT2D eigenvalue weighted by Crippen LogP contribution is 2.14. The summed E-state index contributed by atoms with van der Waals surface area (Å²) in [5, 5.41) is 10.8. The number of carbonyl (C=O) groups is 2. The Bertz CT molecular complexity index is 321.